The number of ketones is 1. The largest absolute Gasteiger partial charge is 0.468 e. The quantitative estimate of drug-likeness (QED) is 0.0710. The van der Waals surface area contributed by atoms with Crippen LogP contribution in [-0.2, 0) is 31.9 Å². The minimum atomic E-state index is -1.07. The van der Waals surface area contributed by atoms with Gasteiger partial charge < -0.3 is 24.4 Å². The fourth-order valence-corrected chi connectivity index (χ4v) is 10.0. The van der Waals surface area contributed by atoms with Crippen molar-refractivity contribution >= 4 is 41.7 Å². The SMILES string of the molecule is CCc1c2[nH]c(c1C)/C=C1\N=C(C3c4[nH]c(c(C)c4C(=O)[C@@H]3C(=O)OC)/C=c3\[nH]/c(c(C)c3CC)=C\2)[C@@H](CCC(=O)OC/C=C(\C)CCC[C@H](C)CCC[C@H](C)CC)[C@@H]1C. The smallest absolute Gasteiger partial charge is 0.317 e. The number of hydrogen-bond acceptors (Lipinski definition) is 6. The summed E-state index contributed by atoms with van der Waals surface area (Å²) >= 11 is 0. The molecule has 0 saturated heterocycles. The number of rotatable bonds is 17. The van der Waals surface area contributed by atoms with Gasteiger partial charge in [0.2, 0.25) is 0 Å². The van der Waals surface area contributed by atoms with Crippen molar-refractivity contribution in [2.45, 2.75) is 146 Å². The number of aliphatic imine (C=N–C) groups is 1. The van der Waals surface area contributed by atoms with Crippen LogP contribution in [0.1, 0.15) is 173 Å². The Morgan fingerprint density at radius 2 is 1.52 bits per heavy atom. The lowest BCUT2D eigenvalue weighted by Gasteiger charge is -2.24. The lowest BCUT2D eigenvalue weighted by atomic mass is 9.78. The highest BCUT2D eigenvalue weighted by atomic mass is 16.5. The van der Waals surface area contributed by atoms with Crippen LogP contribution in [0.5, 0.6) is 0 Å². The Morgan fingerprint density at radius 3 is 2.22 bits per heavy atom. The van der Waals surface area contributed by atoms with Crippen molar-refractivity contribution in [2.24, 2.45) is 34.6 Å². The van der Waals surface area contributed by atoms with Gasteiger partial charge in [0.15, 0.2) is 5.78 Å². The number of carbonyl (C=O) groups excluding carboxylic acids is 3. The Hall–Kier alpha value is -4.66. The fourth-order valence-electron chi connectivity index (χ4n) is 10.0. The van der Waals surface area contributed by atoms with Crippen molar-refractivity contribution in [3.63, 3.8) is 0 Å². The van der Waals surface area contributed by atoms with Crippen LogP contribution in [0, 0.1) is 50.4 Å². The highest BCUT2D eigenvalue weighted by Crippen LogP contribution is 2.48. The third-order valence-corrected chi connectivity index (χ3v) is 14.1. The molecule has 324 valence electrons. The lowest BCUT2D eigenvalue weighted by molar-refractivity contribution is -0.144. The maximum atomic E-state index is 14.4. The number of H-pyrrole nitrogens is 3. The molecule has 6 rings (SSSR count). The summed E-state index contributed by atoms with van der Waals surface area (Å²) in [6.45, 7) is 22.1. The second kappa shape index (κ2) is 19.4. The molecule has 2 aliphatic heterocycles. The molecule has 9 heteroatoms. The number of fused-ring (bicyclic) bond motifs is 7. The van der Waals surface area contributed by atoms with Crippen LogP contribution in [0.4, 0.5) is 0 Å². The Bertz CT molecular complexity index is 2310. The van der Waals surface area contributed by atoms with Crippen molar-refractivity contribution in [3.05, 3.63) is 84.2 Å². The van der Waals surface area contributed by atoms with Crippen LogP contribution in [0.25, 0.3) is 18.2 Å². The van der Waals surface area contributed by atoms with Gasteiger partial charge in [0, 0.05) is 68.7 Å². The van der Waals surface area contributed by atoms with Crippen molar-refractivity contribution in [1.29, 1.82) is 0 Å². The van der Waals surface area contributed by atoms with E-state index in [1.165, 1.54) is 61.5 Å². The molecule has 0 fully saturated rings. The average Bonchev–Trinajstić information content (AvgIpc) is 3.97. The Morgan fingerprint density at radius 1 is 0.833 bits per heavy atom. The highest BCUT2D eigenvalue weighted by molar-refractivity contribution is 6.19. The van der Waals surface area contributed by atoms with E-state index in [-0.39, 0.29) is 36.6 Å². The molecule has 0 amide bonds. The molecule has 3 aromatic rings. The number of ether oxygens (including phenoxy) is 2. The molecule has 60 heavy (non-hydrogen) atoms. The van der Waals surface area contributed by atoms with Gasteiger partial charge in [-0.2, -0.15) is 0 Å². The van der Waals surface area contributed by atoms with Gasteiger partial charge in [-0.15, -0.1) is 0 Å². The van der Waals surface area contributed by atoms with Crippen molar-refractivity contribution in [3.8, 4) is 0 Å². The van der Waals surface area contributed by atoms with E-state index in [2.05, 4.69) is 95.5 Å². The maximum Gasteiger partial charge on any atom is 0.317 e. The number of aromatic nitrogens is 3. The van der Waals surface area contributed by atoms with Gasteiger partial charge >= 0.3 is 11.9 Å². The van der Waals surface area contributed by atoms with Crippen molar-refractivity contribution in [2.75, 3.05) is 13.7 Å². The highest BCUT2D eigenvalue weighted by Gasteiger charge is 2.53. The van der Waals surface area contributed by atoms with E-state index in [9.17, 15) is 14.4 Å². The first-order chi connectivity index (χ1) is 28.7. The van der Waals surface area contributed by atoms with Crippen LogP contribution < -0.4 is 10.7 Å². The second-order valence-corrected chi connectivity index (χ2v) is 18.1. The molecule has 3 N–H and O–H groups in total. The van der Waals surface area contributed by atoms with Gasteiger partial charge in [-0.1, -0.05) is 79.2 Å². The third kappa shape index (κ3) is 9.15. The summed E-state index contributed by atoms with van der Waals surface area (Å²) in [5.41, 5.74) is 12.5. The summed E-state index contributed by atoms with van der Waals surface area (Å²) in [6, 6.07) is 0. The predicted molar refractivity (Wildman–Crippen MR) is 243 cm³/mol. The Balaban J connectivity index is 1.29. The number of carbonyl (C=O) groups is 3. The maximum absolute atomic E-state index is 14.4. The molecule has 3 aromatic heterocycles. The minimum absolute atomic E-state index is 0.0947. The van der Waals surface area contributed by atoms with Crippen molar-refractivity contribution < 1.29 is 23.9 Å². The number of hydrogen-bond donors (Lipinski definition) is 3. The first-order valence-corrected chi connectivity index (χ1v) is 22.8. The van der Waals surface area contributed by atoms with Gasteiger partial charge in [0.05, 0.1) is 13.0 Å². The van der Waals surface area contributed by atoms with Gasteiger partial charge in [0.1, 0.15) is 12.5 Å². The van der Waals surface area contributed by atoms with E-state index < -0.39 is 17.8 Å². The molecule has 9 nitrogen and oxygen atoms in total. The molecular formula is C51H70N4O5. The summed E-state index contributed by atoms with van der Waals surface area (Å²) in [5, 5.41) is 2.02. The number of nitrogens with one attached hydrogen (secondary N) is 3. The van der Waals surface area contributed by atoms with E-state index in [0.717, 1.165) is 87.8 Å². The van der Waals surface area contributed by atoms with Gasteiger partial charge in [-0.25, -0.2) is 0 Å². The molecule has 0 radical (unpaired) electrons. The molecule has 1 aliphatic carbocycles. The molecule has 0 saturated carbocycles. The van der Waals surface area contributed by atoms with E-state index in [0.29, 0.717) is 17.7 Å². The van der Waals surface area contributed by atoms with Crippen molar-refractivity contribution in [1.82, 2.24) is 15.0 Å². The molecule has 5 heterocycles. The first-order valence-electron chi connectivity index (χ1n) is 22.8. The monoisotopic (exact) mass is 819 g/mol. The van der Waals surface area contributed by atoms with E-state index in [1.54, 1.807) is 0 Å². The predicted octanol–water partition coefficient (Wildman–Crippen LogP) is 9.80. The van der Waals surface area contributed by atoms with Crippen LogP contribution in [0.2, 0.25) is 0 Å². The molecule has 3 aliphatic rings. The van der Waals surface area contributed by atoms with E-state index in [1.807, 2.05) is 13.0 Å². The molecular weight excluding hydrogens is 749 g/mol. The van der Waals surface area contributed by atoms with Crippen LogP contribution >= 0.6 is 0 Å². The fraction of sp³-hybridized carbons (Fsp3) is 0.569. The lowest BCUT2D eigenvalue weighted by Crippen LogP contribution is -2.33. The number of allylic oxidation sites excluding steroid dienone is 2. The summed E-state index contributed by atoms with van der Waals surface area (Å²) < 4.78 is 11.1. The standard InChI is InChI=1S/C51H70N4O5/c1-12-28(4)17-15-18-29(5)19-16-20-30(6)23-24-60-44(56)22-21-37-33(9)40-25-38-31(7)35(13-2)42(52-38)26-39-32(8)36(14-3)43(53-39)27-41-34(10)45-49(55-41)46(48(37)54-40)47(50(45)57)51(58)59-11/h23,25-29,33,37,46-47,52-53,55H,12-22,24H2,1-11H3/b30-23+,39-26-,40-25-,43-27-/t28-,29-,33+,37+,46?,47-/m1/s1. The normalized spacial score (nSPS) is 22.6. The van der Waals surface area contributed by atoms with E-state index in [4.69, 9.17) is 14.5 Å². The minimum Gasteiger partial charge on any atom is -0.468 e. The van der Waals surface area contributed by atoms with Gasteiger partial charge in [-0.3, -0.25) is 19.4 Å². The summed E-state index contributed by atoms with van der Waals surface area (Å²) in [4.78, 5) is 57.7. The molecule has 0 aromatic carbocycles. The zero-order chi connectivity index (χ0) is 43.4. The summed E-state index contributed by atoms with van der Waals surface area (Å²) in [6.07, 6.45) is 19.4. The number of Topliss-reactive ketones (excluding diaryl/α,β-unsaturated/α-hetero) is 1. The molecule has 6 atom stereocenters. The molecule has 1 unspecified atom stereocenters. The van der Waals surface area contributed by atoms with Crippen LogP contribution in [-0.4, -0.2) is 52.1 Å². The zero-order valence-corrected chi connectivity index (χ0v) is 38.2. The topological polar surface area (TPSA) is 129 Å². The Kier molecular flexibility index (Phi) is 14.5. The van der Waals surface area contributed by atoms with Crippen LogP contribution in [0.3, 0.4) is 0 Å². The van der Waals surface area contributed by atoms with E-state index >= 15 is 0 Å². The van der Waals surface area contributed by atoms with Gasteiger partial charge in [0.25, 0.3) is 0 Å². The van der Waals surface area contributed by atoms with Crippen LogP contribution in [0.15, 0.2) is 22.3 Å². The van der Waals surface area contributed by atoms with Gasteiger partial charge in [-0.05, 0) is 124 Å². The summed E-state index contributed by atoms with van der Waals surface area (Å²) in [5.74, 6) is -1.61. The Labute approximate surface area is 357 Å². The number of esters is 2. The molecule has 0 spiro atoms. The zero-order valence-electron chi connectivity index (χ0n) is 38.2. The number of nitrogens with zero attached hydrogens (tertiary/aromatic N) is 1. The second-order valence-electron chi connectivity index (χ2n) is 18.1. The average molecular weight is 819 g/mol. The summed E-state index contributed by atoms with van der Waals surface area (Å²) in [7, 11) is 1.33. The number of aromatic amines is 3. The third-order valence-electron chi connectivity index (χ3n) is 14.1. The number of methoxy groups -OCH3 is 1. The molecule has 8 bridgehead atoms. The first kappa shape index (κ1) is 44.9.